The first kappa shape index (κ1) is 16.9. The van der Waals surface area contributed by atoms with E-state index >= 15 is 0 Å². The van der Waals surface area contributed by atoms with E-state index in [9.17, 15) is 14.0 Å². The van der Waals surface area contributed by atoms with Gasteiger partial charge in [0.05, 0.1) is 5.41 Å². The molecule has 3 rings (SSSR count). The number of hydrogen-bond acceptors (Lipinski definition) is 2. The maximum absolute atomic E-state index is 13.9. The average molecular weight is 333 g/mol. The van der Waals surface area contributed by atoms with E-state index in [0.717, 1.165) is 32.2 Å². The lowest BCUT2D eigenvalue weighted by atomic mass is 9.90. The molecule has 1 aliphatic heterocycles. The van der Waals surface area contributed by atoms with Crippen molar-refractivity contribution in [2.45, 2.75) is 44.9 Å². The summed E-state index contributed by atoms with van der Waals surface area (Å²) in [6, 6.07) is 6.67. The molecule has 1 unspecified atom stereocenters. The van der Waals surface area contributed by atoms with Gasteiger partial charge in [-0.2, -0.15) is 0 Å². The number of benzene rings is 1. The third kappa shape index (κ3) is 3.77. The summed E-state index contributed by atoms with van der Waals surface area (Å²) >= 11 is 0. The molecular weight excluding hydrogens is 309 g/mol. The SMILES string of the molecule is O=C(O)CCC1CCCN(C(=O)C2(Cc3ccccc3F)CC2)C1. The minimum atomic E-state index is -0.781. The Labute approximate surface area is 141 Å². The molecule has 1 saturated heterocycles. The zero-order chi connectivity index (χ0) is 17.2. The predicted octanol–water partition coefficient (Wildman–Crippen LogP) is 3.25. The molecule has 1 amide bonds. The van der Waals surface area contributed by atoms with Crippen molar-refractivity contribution in [2.24, 2.45) is 11.3 Å². The van der Waals surface area contributed by atoms with Gasteiger partial charge in [-0.25, -0.2) is 4.39 Å². The molecule has 0 bridgehead atoms. The highest BCUT2D eigenvalue weighted by molar-refractivity contribution is 5.85. The van der Waals surface area contributed by atoms with Crippen molar-refractivity contribution in [1.29, 1.82) is 0 Å². The number of halogens is 1. The highest BCUT2D eigenvalue weighted by Crippen LogP contribution is 2.50. The van der Waals surface area contributed by atoms with Crippen LogP contribution in [-0.4, -0.2) is 35.0 Å². The lowest BCUT2D eigenvalue weighted by molar-refractivity contribution is -0.139. The van der Waals surface area contributed by atoms with E-state index in [1.165, 1.54) is 6.07 Å². The van der Waals surface area contributed by atoms with Gasteiger partial charge in [0.15, 0.2) is 0 Å². The van der Waals surface area contributed by atoms with E-state index in [4.69, 9.17) is 5.11 Å². The van der Waals surface area contributed by atoms with Crippen molar-refractivity contribution in [3.8, 4) is 0 Å². The van der Waals surface area contributed by atoms with Gasteiger partial charge in [0, 0.05) is 19.5 Å². The van der Waals surface area contributed by atoms with Crippen molar-refractivity contribution >= 4 is 11.9 Å². The number of carbonyl (C=O) groups is 2. The normalized spacial score (nSPS) is 22.2. The van der Waals surface area contributed by atoms with E-state index in [1.54, 1.807) is 12.1 Å². The summed E-state index contributed by atoms with van der Waals surface area (Å²) in [7, 11) is 0. The van der Waals surface area contributed by atoms with Crippen LogP contribution in [0.2, 0.25) is 0 Å². The number of nitrogens with zero attached hydrogens (tertiary/aromatic N) is 1. The maximum Gasteiger partial charge on any atom is 0.303 e. The largest absolute Gasteiger partial charge is 0.481 e. The standard InChI is InChI=1S/C19H24FNO3/c20-16-6-2-1-5-15(16)12-19(9-10-19)18(24)21-11-3-4-14(13-21)7-8-17(22)23/h1-2,5-6,14H,3-4,7-13H2,(H,22,23). The quantitative estimate of drug-likeness (QED) is 0.869. The van der Waals surface area contributed by atoms with Crippen LogP contribution >= 0.6 is 0 Å². The second kappa shape index (κ2) is 6.91. The highest BCUT2D eigenvalue weighted by Gasteiger charge is 2.52. The van der Waals surface area contributed by atoms with E-state index in [2.05, 4.69) is 0 Å². The van der Waals surface area contributed by atoms with Crippen molar-refractivity contribution in [3.05, 3.63) is 35.6 Å². The van der Waals surface area contributed by atoms with Crippen LogP contribution < -0.4 is 0 Å². The van der Waals surface area contributed by atoms with Gasteiger partial charge in [0.25, 0.3) is 0 Å². The minimum Gasteiger partial charge on any atom is -0.481 e. The highest BCUT2D eigenvalue weighted by atomic mass is 19.1. The van der Waals surface area contributed by atoms with E-state index in [1.807, 2.05) is 11.0 Å². The Balaban J connectivity index is 1.63. The number of aliphatic carboxylic acids is 1. The second-order valence-electron chi connectivity index (χ2n) is 7.24. The lowest BCUT2D eigenvalue weighted by Gasteiger charge is -2.35. The molecule has 1 aliphatic carbocycles. The molecule has 1 N–H and O–H groups in total. The Morgan fingerprint density at radius 3 is 2.71 bits per heavy atom. The fourth-order valence-electron chi connectivity index (χ4n) is 3.77. The van der Waals surface area contributed by atoms with Gasteiger partial charge in [0.2, 0.25) is 5.91 Å². The summed E-state index contributed by atoms with van der Waals surface area (Å²) in [6.45, 7) is 1.38. The molecule has 5 heteroatoms. The number of rotatable bonds is 6. The Morgan fingerprint density at radius 2 is 2.04 bits per heavy atom. The number of carboxylic acids is 1. The number of carboxylic acid groups (broad SMARTS) is 1. The van der Waals surface area contributed by atoms with Crippen LogP contribution in [0.15, 0.2) is 24.3 Å². The van der Waals surface area contributed by atoms with Gasteiger partial charge >= 0.3 is 5.97 Å². The topological polar surface area (TPSA) is 57.6 Å². The van der Waals surface area contributed by atoms with Crippen LogP contribution in [0.25, 0.3) is 0 Å². The molecule has 0 radical (unpaired) electrons. The predicted molar refractivity (Wildman–Crippen MR) is 87.9 cm³/mol. The number of amides is 1. The van der Waals surface area contributed by atoms with Crippen LogP contribution in [0.4, 0.5) is 4.39 Å². The van der Waals surface area contributed by atoms with Crippen LogP contribution in [0.1, 0.15) is 44.1 Å². The molecule has 1 atom stereocenters. The number of hydrogen-bond donors (Lipinski definition) is 1. The zero-order valence-electron chi connectivity index (χ0n) is 13.8. The van der Waals surface area contributed by atoms with Gasteiger partial charge in [-0.1, -0.05) is 18.2 Å². The van der Waals surface area contributed by atoms with Crippen molar-refractivity contribution in [2.75, 3.05) is 13.1 Å². The molecular formula is C19H24FNO3. The lowest BCUT2D eigenvalue weighted by Crippen LogP contribution is -2.44. The monoisotopic (exact) mass is 333 g/mol. The summed E-state index contributed by atoms with van der Waals surface area (Å²) < 4.78 is 13.9. The summed E-state index contributed by atoms with van der Waals surface area (Å²) in [6.07, 6.45) is 4.79. The van der Waals surface area contributed by atoms with Crippen LogP contribution in [0, 0.1) is 17.2 Å². The van der Waals surface area contributed by atoms with Crippen molar-refractivity contribution in [3.63, 3.8) is 0 Å². The van der Waals surface area contributed by atoms with Crippen LogP contribution in [0.3, 0.4) is 0 Å². The van der Waals surface area contributed by atoms with Crippen LogP contribution in [-0.2, 0) is 16.0 Å². The molecule has 1 saturated carbocycles. The molecule has 4 nitrogen and oxygen atoms in total. The average Bonchev–Trinajstić information content (AvgIpc) is 3.35. The van der Waals surface area contributed by atoms with Gasteiger partial charge in [-0.15, -0.1) is 0 Å². The summed E-state index contributed by atoms with van der Waals surface area (Å²) in [5.74, 6) is -0.625. The number of piperidine rings is 1. The molecule has 2 fully saturated rings. The first-order chi connectivity index (χ1) is 11.5. The third-order valence-electron chi connectivity index (χ3n) is 5.37. The maximum atomic E-state index is 13.9. The fraction of sp³-hybridized carbons (Fsp3) is 0.579. The second-order valence-corrected chi connectivity index (χ2v) is 7.24. The molecule has 1 aromatic carbocycles. The molecule has 0 spiro atoms. The van der Waals surface area contributed by atoms with Crippen molar-refractivity contribution in [1.82, 2.24) is 4.90 Å². The smallest absolute Gasteiger partial charge is 0.303 e. The van der Waals surface area contributed by atoms with Crippen molar-refractivity contribution < 1.29 is 19.1 Å². The van der Waals surface area contributed by atoms with Gasteiger partial charge < -0.3 is 10.0 Å². The van der Waals surface area contributed by atoms with E-state index in [-0.39, 0.29) is 24.1 Å². The van der Waals surface area contributed by atoms with Gasteiger partial charge in [0.1, 0.15) is 5.82 Å². The number of carbonyl (C=O) groups excluding carboxylic acids is 1. The molecule has 0 aromatic heterocycles. The van der Waals surface area contributed by atoms with Gasteiger partial charge in [-0.05, 0) is 56.1 Å². The molecule has 24 heavy (non-hydrogen) atoms. The molecule has 130 valence electrons. The van der Waals surface area contributed by atoms with E-state index in [0.29, 0.717) is 24.9 Å². The third-order valence-corrected chi connectivity index (χ3v) is 5.37. The zero-order valence-corrected chi connectivity index (χ0v) is 13.8. The summed E-state index contributed by atoms with van der Waals surface area (Å²) in [4.78, 5) is 25.6. The van der Waals surface area contributed by atoms with E-state index < -0.39 is 11.4 Å². The Kier molecular flexibility index (Phi) is 4.88. The molecule has 1 heterocycles. The first-order valence-corrected chi connectivity index (χ1v) is 8.75. The summed E-state index contributed by atoms with van der Waals surface area (Å²) in [5.41, 5.74) is 0.180. The molecule has 1 aromatic rings. The summed E-state index contributed by atoms with van der Waals surface area (Å²) in [5, 5.41) is 8.83. The first-order valence-electron chi connectivity index (χ1n) is 8.75. The Hall–Kier alpha value is -1.91. The fourth-order valence-corrected chi connectivity index (χ4v) is 3.77. The molecule has 2 aliphatic rings. The minimum absolute atomic E-state index is 0.130. The number of likely N-dealkylation sites (tertiary alicyclic amines) is 1. The van der Waals surface area contributed by atoms with Crippen LogP contribution in [0.5, 0.6) is 0 Å². The van der Waals surface area contributed by atoms with Gasteiger partial charge in [-0.3, -0.25) is 9.59 Å². The Morgan fingerprint density at radius 1 is 1.29 bits per heavy atom. The Bertz CT molecular complexity index is 627.